The molecular formula is C52H100N2O10. The van der Waals surface area contributed by atoms with Crippen molar-refractivity contribution >= 4 is 35.7 Å². The lowest BCUT2D eigenvalue weighted by molar-refractivity contribution is -0.152. The Morgan fingerprint density at radius 3 is 1.08 bits per heavy atom. The molecule has 0 aliphatic rings. The van der Waals surface area contributed by atoms with Crippen LogP contribution in [0, 0.1) is 0 Å². The summed E-state index contributed by atoms with van der Waals surface area (Å²) in [6, 6.07) is -2.35. The molecule has 12 heteroatoms. The van der Waals surface area contributed by atoms with Crippen molar-refractivity contribution in [1.29, 1.82) is 0 Å². The monoisotopic (exact) mass is 913 g/mol. The summed E-state index contributed by atoms with van der Waals surface area (Å²) in [4.78, 5) is 75.3. The van der Waals surface area contributed by atoms with Crippen LogP contribution in [0.5, 0.6) is 0 Å². The fraction of sp³-hybridized carbons (Fsp3) is 0.885. The highest BCUT2D eigenvalue weighted by atomic mass is 16.5. The highest BCUT2D eigenvalue weighted by molar-refractivity contribution is 5.90. The maximum absolute atomic E-state index is 13.1. The van der Waals surface area contributed by atoms with Gasteiger partial charge in [-0.1, -0.05) is 208 Å². The molecule has 0 aromatic carbocycles. The third kappa shape index (κ3) is 45.4. The highest BCUT2D eigenvalue weighted by Gasteiger charge is 2.27. The predicted octanol–water partition coefficient (Wildman–Crippen LogP) is 12.7. The third-order valence-electron chi connectivity index (χ3n) is 10.8. The molecule has 0 bridgehead atoms. The van der Waals surface area contributed by atoms with E-state index in [0.717, 1.165) is 38.5 Å². The number of amides is 2. The summed E-state index contributed by atoms with van der Waals surface area (Å²) in [5.41, 5.74) is 0. The van der Waals surface area contributed by atoms with Crippen molar-refractivity contribution in [2.45, 2.75) is 272 Å². The molecule has 0 aliphatic carbocycles. The Bertz CT molecular complexity index is 1100. The van der Waals surface area contributed by atoms with Crippen LogP contribution < -0.4 is 10.6 Å². The van der Waals surface area contributed by atoms with E-state index in [1.807, 2.05) is 27.7 Å². The van der Waals surface area contributed by atoms with Gasteiger partial charge in [-0.2, -0.15) is 0 Å². The van der Waals surface area contributed by atoms with Crippen LogP contribution in [0.1, 0.15) is 260 Å². The van der Waals surface area contributed by atoms with E-state index in [-0.39, 0.29) is 38.9 Å². The first-order chi connectivity index (χ1) is 31.2. The molecule has 0 saturated heterocycles. The van der Waals surface area contributed by atoms with Crippen LogP contribution in [0.25, 0.3) is 0 Å². The molecule has 0 fully saturated rings. The van der Waals surface area contributed by atoms with Gasteiger partial charge >= 0.3 is 23.9 Å². The fourth-order valence-electron chi connectivity index (χ4n) is 7.08. The largest absolute Gasteiger partial charge is 0.469 e. The quantitative estimate of drug-likeness (QED) is 0.0342. The van der Waals surface area contributed by atoms with Crippen molar-refractivity contribution in [3.8, 4) is 0 Å². The highest BCUT2D eigenvalue weighted by Crippen LogP contribution is 2.15. The third-order valence-corrected chi connectivity index (χ3v) is 10.8. The molecule has 0 spiro atoms. The van der Waals surface area contributed by atoms with Crippen LogP contribution in [0.3, 0.4) is 0 Å². The van der Waals surface area contributed by atoms with Crippen molar-refractivity contribution in [2.24, 2.45) is 0 Å². The minimum Gasteiger partial charge on any atom is -0.469 e. The van der Waals surface area contributed by atoms with Gasteiger partial charge in [0.25, 0.3) is 0 Å². The topological polar surface area (TPSA) is 163 Å². The second-order valence-corrected chi connectivity index (χ2v) is 16.4. The maximum atomic E-state index is 13.1. The SMILES string of the molecule is CC.CC.CCCCCCCCCCCCCCCCOC(=O)CCC(NC(=O)CCC(=O)NC(CC(=O)OC)C(=O)OCC)C(=O)OCCCCCCCCCCCCCCCC. The summed E-state index contributed by atoms with van der Waals surface area (Å²) in [7, 11) is 1.17. The standard InChI is InChI=1S/C48H88N2O10.2C2H6/c1-5-8-10-12-14-16-18-20-22-24-26-28-30-32-38-59-45(53)37-34-41(47(55)60-39-33-31-29-27-25-23-21-19-17-15-13-11-9-6-2)49-43(51)35-36-44(52)50-42(40-46(54)57-4)48(56)58-7-3;2*1-2/h41-42H,5-40H2,1-4H3,(H,49,51)(H,50,52);2*1-2H3. The summed E-state index contributed by atoms with van der Waals surface area (Å²) in [5.74, 6) is -3.84. The van der Waals surface area contributed by atoms with Crippen LogP contribution in [0.15, 0.2) is 0 Å². The molecule has 378 valence electrons. The number of ether oxygens (including phenoxy) is 4. The summed E-state index contributed by atoms with van der Waals surface area (Å²) >= 11 is 0. The van der Waals surface area contributed by atoms with Gasteiger partial charge in [-0.05, 0) is 26.2 Å². The van der Waals surface area contributed by atoms with Crippen LogP contribution in [0.4, 0.5) is 0 Å². The molecule has 2 unspecified atom stereocenters. The minimum absolute atomic E-state index is 0.00283. The van der Waals surface area contributed by atoms with Crippen LogP contribution in [-0.2, 0) is 47.7 Å². The van der Waals surface area contributed by atoms with Crippen molar-refractivity contribution in [1.82, 2.24) is 10.6 Å². The molecule has 0 aromatic rings. The van der Waals surface area contributed by atoms with Crippen molar-refractivity contribution < 1.29 is 47.7 Å². The van der Waals surface area contributed by atoms with Crippen molar-refractivity contribution in [3.05, 3.63) is 0 Å². The molecule has 2 atom stereocenters. The molecule has 0 radical (unpaired) electrons. The van der Waals surface area contributed by atoms with Crippen molar-refractivity contribution in [3.63, 3.8) is 0 Å². The molecule has 2 amide bonds. The Morgan fingerprint density at radius 1 is 0.391 bits per heavy atom. The first-order valence-electron chi connectivity index (χ1n) is 26.3. The molecule has 0 heterocycles. The molecule has 0 saturated carbocycles. The summed E-state index contributed by atoms with van der Waals surface area (Å²) in [5, 5.41) is 5.04. The number of hydrogen-bond donors (Lipinski definition) is 2. The summed E-state index contributed by atoms with van der Waals surface area (Å²) in [6.07, 6.45) is 33.2. The molecule has 0 aliphatic heterocycles. The van der Waals surface area contributed by atoms with E-state index in [2.05, 4.69) is 29.2 Å². The first kappa shape index (κ1) is 65.1. The zero-order chi connectivity index (χ0) is 48.3. The zero-order valence-electron chi connectivity index (χ0n) is 42.7. The van der Waals surface area contributed by atoms with Gasteiger partial charge in [0.15, 0.2) is 0 Å². The van der Waals surface area contributed by atoms with Gasteiger partial charge in [0.1, 0.15) is 12.1 Å². The molecule has 0 rings (SSSR count). The second-order valence-electron chi connectivity index (χ2n) is 16.4. The minimum atomic E-state index is -1.26. The zero-order valence-corrected chi connectivity index (χ0v) is 42.7. The molecule has 12 nitrogen and oxygen atoms in total. The Labute approximate surface area is 392 Å². The van der Waals surface area contributed by atoms with Gasteiger partial charge in [0.2, 0.25) is 11.8 Å². The van der Waals surface area contributed by atoms with Gasteiger partial charge in [0, 0.05) is 19.3 Å². The molecule has 0 aromatic heterocycles. The average molecular weight is 913 g/mol. The number of nitrogens with one attached hydrogen (secondary N) is 2. The Hall–Kier alpha value is -3.18. The molecule has 2 N–H and O–H groups in total. The van der Waals surface area contributed by atoms with Gasteiger partial charge in [0.05, 0.1) is 33.4 Å². The predicted molar refractivity (Wildman–Crippen MR) is 261 cm³/mol. The van der Waals surface area contributed by atoms with Crippen LogP contribution in [-0.4, -0.2) is 74.7 Å². The van der Waals surface area contributed by atoms with E-state index in [9.17, 15) is 28.8 Å². The number of unbranched alkanes of at least 4 members (excludes halogenated alkanes) is 26. The van der Waals surface area contributed by atoms with Gasteiger partial charge < -0.3 is 29.6 Å². The molecular weight excluding hydrogens is 813 g/mol. The first-order valence-corrected chi connectivity index (χ1v) is 26.3. The lowest BCUT2D eigenvalue weighted by Gasteiger charge is -2.18. The maximum Gasteiger partial charge on any atom is 0.329 e. The van der Waals surface area contributed by atoms with Gasteiger partial charge in [-0.3, -0.25) is 19.2 Å². The van der Waals surface area contributed by atoms with Gasteiger partial charge in [-0.25, -0.2) is 9.59 Å². The lowest BCUT2D eigenvalue weighted by atomic mass is 10.0. The van der Waals surface area contributed by atoms with E-state index < -0.39 is 54.2 Å². The number of methoxy groups -OCH3 is 1. The van der Waals surface area contributed by atoms with Crippen LogP contribution in [0.2, 0.25) is 0 Å². The molecule has 64 heavy (non-hydrogen) atoms. The normalized spacial score (nSPS) is 11.4. The van der Waals surface area contributed by atoms with Crippen molar-refractivity contribution in [2.75, 3.05) is 26.9 Å². The number of hydrogen-bond acceptors (Lipinski definition) is 10. The second kappa shape index (κ2) is 52.4. The lowest BCUT2D eigenvalue weighted by Crippen LogP contribution is -2.45. The summed E-state index contributed by atoms with van der Waals surface area (Å²) in [6.45, 7) is 14.7. The van der Waals surface area contributed by atoms with Gasteiger partial charge in [-0.15, -0.1) is 0 Å². The van der Waals surface area contributed by atoms with E-state index in [0.29, 0.717) is 13.0 Å². The van der Waals surface area contributed by atoms with E-state index in [1.54, 1.807) is 6.92 Å². The Morgan fingerprint density at radius 2 is 0.719 bits per heavy atom. The Balaban J connectivity index is -0.00000902. The smallest absolute Gasteiger partial charge is 0.329 e. The number of esters is 4. The van der Waals surface area contributed by atoms with E-state index in [1.165, 1.54) is 142 Å². The number of carbonyl (C=O) groups excluding carboxylic acids is 6. The number of carbonyl (C=O) groups is 6. The number of rotatable bonds is 43. The average Bonchev–Trinajstić information content (AvgIpc) is 3.30. The fourth-order valence-corrected chi connectivity index (χ4v) is 7.08. The Kier molecular flexibility index (Phi) is 53.3. The summed E-state index contributed by atoms with van der Waals surface area (Å²) < 4.78 is 20.5. The van der Waals surface area contributed by atoms with E-state index >= 15 is 0 Å². The van der Waals surface area contributed by atoms with E-state index in [4.69, 9.17) is 14.2 Å². The van der Waals surface area contributed by atoms with Crippen LogP contribution >= 0.6 is 0 Å².